The van der Waals surface area contributed by atoms with Crippen molar-refractivity contribution in [2.24, 2.45) is 0 Å². The quantitative estimate of drug-likeness (QED) is 0.625. The lowest BCUT2D eigenvalue weighted by Crippen LogP contribution is -2.37. The number of aryl methyl sites for hydroxylation is 1. The van der Waals surface area contributed by atoms with Crippen molar-refractivity contribution in [1.82, 2.24) is 19.7 Å². The molecule has 1 saturated heterocycles. The first-order valence-electron chi connectivity index (χ1n) is 8.77. The zero-order chi connectivity index (χ0) is 17.6. The molecule has 26 heavy (non-hydrogen) atoms. The van der Waals surface area contributed by atoms with Crippen LogP contribution in [0, 0.1) is 0 Å². The first-order chi connectivity index (χ1) is 12.9. The van der Waals surface area contributed by atoms with Crippen LogP contribution >= 0.6 is 11.8 Å². The molecule has 0 saturated carbocycles. The second-order valence-corrected chi connectivity index (χ2v) is 7.07. The number of ether oxygens (including phenoxy) is 1. The van der Waals surface area contributed by atoms with Gasteiger partial charge >= 0.3 is 0 Å². The summed E-state index contributed by atoms with van der Waals surface area (Å²) in [7, 11) is 0. The fraction of sp³-hybridized carbons (Fsp3) is 0.316. The molecule has 3 aromatic rings. The Morgan fingerprint density at radius 3 is 2.50 bits per heavy atom. The van der Waals surface area contributed by atoms with Crippen molar-refractivity contribution in [3.8, 4) is 5.69 Å². The highest BCUT2D eigenvalue weighted by molar-refractivity contribution is 7.99. The average Bonchev–Trinajstić information content (AvgIpc) is 3.14. The van der Waals surface area contributed by atoms with Gasteiger partial charge in [0.15, 0.2) is 5.16 Å². The molecule has 0 bridgehead atoms. The maximum Gasteiger partial charge on any atom is 0.232 e. The monoisotopic (exact) mass is 367 g/mol. The molecule has 2 aromatic heterocycles. The molecule has 0 aliphatic carbocycles. The molecule has 134 valence electrons. The van der Waals surface area contributed by atoms with Crippen molar-refractivity contribution in [2.45, 2.75) is 11.6 Å². The topological polar surface area (TPSA) is 56.1 Å². The lowest BCUT2D eigenvalue weighted by Gasteiger charge is -2.27. The van der Waals surface area contributed by atoms with Crippen LogP contribution in [-0.4, -0.2) is 51.8 Å². The normalized spacial score (nSPS) is 14.5. The second kappa shape index (κ2) is 8.33. The Bertz CT molecular complexity index is 818. The number of nitrogens with zero attached hydrogens (tertiary/aromatic N) is 5. The average molecular weight is 367 g/mol. The highest BCUT2D eigenvalue weighted by atomic mass is 32.2. The Balaban J connectivity index is 1.56. The van der Waals surface area contributed by atoms with Crippen LogP contribution in [0.25, 0.3) is 5.69 Å². The summed E-state index contributed by atoms with van der Waals surface area (Å²) < 4.78 is 7.63. The van der Waals surface area contributed by atoms with E-state index in [9.17, 15) is 0 Å². The minimum absolute atomic E-state index is 0.728. The highest BCUT2D eigenvalue weighted by Crippen LogP contribution is 2.27. The third-order valence-electron chi connectivity index (χ3n) is 4.30. The molecule has 0 atom stereocenters. The number of para-hydroxylation sites is 1. The van der Waals surface area contributed by atoms with E-state index in [1.807, 2.05) is 30.6 Å². The zero-order valence-electron chi connectivity index (χ0n) is 14.5. The summed E-state index contributed by atoms with van der Waals surface area (Å²) in [5, 5.41) is 9.90. The Hall–Kier alpha value is -2.38. The summed E-state index contributed by atoms with van der Waals surface area (Å²) in [4.78, 5) is 6.32. The van der Waals surface area contributed by atoms with Gasteiger partial charge in [-0.15, -0.1) is 10.2 Å². The minimum Gasteiger partial charge on any atom is -0.378 e. The van der Waals surface area contributed by atoms with Crippen LogP contribution in [0.2, 0.25) is 0 Å². The van der Waals surface area contributed by atoms with Crippen LogP contribution in [0.15, 0.2) is 60.0 Å². The molecule has 0 spiro atoms. The zero-order valence-corrected chi connectivity index (χ0v) is 15.3. The molecule has 1 fully saturated rings. The van der Waals surface area contributed by atoms with Crippen molar-refractivity contribution >= 4 is 17.7 Å². The van der Waals surface area contributed by atoms with Crippen molar-refractivity contribution in [1.29, 1.82) is 0 Å². The molecule has 6 nitrogen and oxygen atoms in total. The van der Waals surface area contributed by atoms with Gasteiger partial charge in [0.1, 0.15) is 0 Å². The molecular weight excluding hydrogens is 346 g/mol. The van der Waals surface area contributed by atoms with E-state index in [2.05, 4.69) is 48.9 Å². The number of benzene rings is 1. The number of aromatic nitrogens is 4. The molecule has 1 aromatic carbocycles. The van der Waals surface area contributed by atoms with Crippen molar-refractivity contribution < 1.29 is 4.74 Å². The van der Waals surface area contributed by atoms with E-state index in [-0.39, 0.29) is 0 Å². The lowest BCUT2D eigenvalue weighted by molar-refractivity contribution is 0.122. The maximum absolute atomic E-state index is 5.48. The summed E-state index contributed by atoms with van der Waals surface area (Å²) in [6.45, 7) is 3.14. The number of morpholine rings is 1. The van der Waals surface area contributed by atoms with Gasteiger partial charge in [-0.05, 0) is 36.2 Å². The van der Waals surface area contributed by atoms with Crippen molar-refractivity contribution in [3.63, 3.8) is 0 Å². The summed E-state index contributed by atoms with van der Waals surface area (Å²) in [5.74, 6) is 1.84. The third-order valence-corrected chi connectivity index (χ3v) is 5.23. The van der Waals surface area contributed by atoms with Gasteiger partial charge in [0, 0.05) is 31.2 Å². The highest BCUT2D eigenvalue weighted by Gasteiger charge is 2.21. The first kappa shape index (κ1) is 17.1. The lowest BCUT2D eigenvalue weighted by atomic mass is 10.2. The number of hydrogen-bond donors (Lipinski definition) is 0. The second-order valence-electron chi connectivity index (χ2n) is 6.01. The van der Waals surface area contributed by atoms with E-state index in [0.29, 0.717) is 0 Å². The Labute approximate surface area is 157 Å². The van der Waals surface area contributed by atoms with Gasteiger partial charge in [0.25, 0.3) is 0 Å². The SMILES string of the molecule is c1ccc(-n2c(SCCc3ccncc3)nnc2N2CCOCC2)cc1. The molecule has 0 N–H and O–H groups in total. The predicted octanol–water partition coefficient (Wildman–Crippen LogP) is 2.83. The van der Waals surface area contributed by atoms with Crippen LogP contribution in [0.5, 0.6) is 0 Å². The number of anilines is 1. The van der Waals surface area contributed by atoms with Crippen molar-refractivity contribution in [2.75, 3.05) is 37.0 Å². The molecule has 0 amide bonds. The number of pyridine rings is 1. The summed E-state index contributed by atoms with van der Waals surface area (Å²) in [6, 6.07) is 14.4. The smallest absolute Gasteiger partial charge is 0.232 e. The van der Waals surface area contributed by atoms with Crippen LogP contribution < -0.4 is 4.90 Å². The van der Waals surface area contributed by atoms with Gasteiger partial charge in [0.2, 0.25) is 5.95 Å². The third kappa shape index (κ3) is 3.89. The molecule has 1 aliphatic heterocycles. The predicted molar refractivity (Wildman–Crippen MR) is 103 cm³/mol. The van der Waals surface area contributed by atoms with Crippen LogP contribution in [0.3, 0.4) is 0 Å². The fourth-order valence-electron chi connectivity index (χ4n) is 2.94. The van der Waals surface area contributed by atoms with Gasteiger partial charge in [-0.25, -0.2) is 0 Å². The molecule has 4 rings (SSSR count). The van der Waals surface area contributed by atoms with E-state index >= 15 is 0 Å². The van der Waals surface area contributed by atoms with Crippen LogP contribution in [0.1, 0.15) is 5.56 Å². The van der Waals surface area contributed by atoms with E-state index in [1.165, 1.54) is 5.56 Å². The molecular formula is C19H21N5OS. The van der Waals surface area contributed by atoms with Gasteiger partial charge in [-0.1, -0.05) is 30.0 Å². The van der Waals surface area contributed by atoms with Crippen molar-refractivity contribution in [3.05, 3.63) is 60.4 Å². The number of hydrogen-bond acceptors (Lipinski definition) is 6. The van der Waals surface area contributed by atoms with E-state index < -0.39 is 0 Å². The molecule has 0 unspecified atom stereocenters. The largest absolute Gasteiger partial charge is 0.378 e. The summed E-state index contributed by atoms with van der Waals surface area (Å²) >= 11 is 1.73. The minimum atomic E-state index is 0.728. The Morgan fingerprint density at radius 2 is 1.73 bits per heavy atom. The fourth-order valence-corrected chi connectivity index (χ4v) is 3.87. The molecule has 1 aliphatic rings. The van der Waals surface area contributed by atoms with Gasteiger partial charge in [-0.3, -0.25) is 9.55 Å². The van der Waals surface area contributed by atoms with Gasteiger partial charge < -0.3 is 9.64 Å². The van der Waals surface area contributed by atoms with Crippen LogP contribution in [-0.2, 0) is 11.2 Å². The van der Waals surface area contributed by atoms with E-state index in [4.69, 9.17) is 4.74 Å². The van der Waals surface area contributed by atoms with Gasteiger partial charge in [-0.2, -0.15) is 0 Å². The summed E-state index contributed by atoms with van der Waals surface area (Å²) in [5.41, 5.74) is 2.37. The van der Waals surface area contributed by atoms with E-state index in [1.54, 1.807) is 11.8 Å². The van der Waals surface area contributed by atoms with E-state index in [0.717, 1.165) is 55.3 Å². The van der Waals surface area contributed by atoms with Gasteiger partial charge in [0.05, 0.1) is 18.9 Å². The Kier molecular flexibility index (Phi) is 5.47. The molecule has 3 heterocycles. The first-order valence-corrected chi connectivity index (χ1v) is 9.75. The van der Waals surface area contributed by atoms with Crippen LogP contribution in [0.4, 0.5) is 5.95 Å². The maximum atomic E-state index is 5.48. The number of rotatable bonds is 6. The number of thioether (sulfide) groups is 1. The Morgan fingerprint density at radius 1 is 0.962 bits per heavy atom. The molecule has 7 heteroatoms. The summed E-state index contributed by atoms with van der Waals surface area (Å²) in [6.07, 6.45) is 4.65. The molecule has 0 radical (unpaired) electrons. The standard InChI is InChI=1S/C19H21N5OS/c1-2-4-17(5-3-1)24-18(23-11-13-25-14-12-23)21-22-19(24)26-15-8-16-6-9-20-10-7-16/h1-7,9-10H,8,11-15H2.